The first kappa shape index (κ1) is 15.7. The van der Waals surface area contributed by atoms with Crippen molar-refractivity contribution in [3.05, 3.63) is 0 Å². The number of halogens is 1. The number of carbonyl (C=O) groups is 1. The van der Waals surface area contributed by atoms with Gasteiger partial charge in [-0.3, -0.25) is 4.79 Å². The van der Waals surface area contributed by atoms with Crippen LogP contribution < -0.4 is 5.73 Å². The number of morpholine rings is 1. The molecule has 3 unspecified atom stereocenters. The molecule has 0 bridgehead atoms. The SMILES string of the molecule is CC1CN(C(=O)C(N)C(C)C)CC(C)O1.Cl. The standard InChI is InChI=1S/C11H22N2O2.ClH/c1-7(2)10(12)11(14)13-5-8(3)15-9(4)6-13;/h7-10H,5-6,12H2,1-4H3;1H. The molecule has 1 aliphatic rings. The number of hydrogen-bond acceptors (Lipinski definition) is 3. The van der Waals surface area contributed by atoms with E-state index < -0.39 is 0 Å². The Labute approximate surface area is 104 Å². The third kappa shape index (κ3) is 3.92. The molecule has 1 heterocycles. The quantitative estimate of drug-likeness (QED) is 0.797. The van der Waals surface area contributed by atoms with Crippen molar-refractivity contribution in [2.24, 2.45) is 11.7 Å². The van der Waals surface area contributed by atoms with Crippen molar-refractivity contribution in [3.8, 4) is 0 Å². The van der Waals surface area contributed by atoms with Gasteiger partial charge in [0, 0.05) is 13.1 Å². The number of nitrogens with zero attached hydrogens (tertiary/aromatic N) is 1. The number of amides is 1. The molecule has 1 rings (SSSR count). The van der Waals surface area contributed by atoms with Gasteiger partial charge in [0.1, 0.15) is 0 Å². The van der Waals surface area contributed by atoms with Gasteiger partial charge in [0.2, 0.25) is 5.91 Å². The lowest BCUT2D eigenvalue weighted by Crippen LogP contribution is -2.54. The van der Waals surface area contributed by atoms with Gasteiger partial charge >= 0.3 is 0 Å². The molecule has 0 spiro atoms. The van der Waals surface area contributed by atoms with Crippen molar-refractivity contribution in [3.63, 3.8) is 0 Å². The maximum Gasteiger partial charge on any atom is 0.239 e. The lowest BCUT2D eigenvalue weighted by atomic mass is 10.0. The normalized spacial score (nSPS) is 27.5. The van der Waals surface area contributed by atoms with E-state index in [0.29, 0.717) is 13.1 Å². The molecule has 96 valence electrons. The lowest BCUT2D eigenvalue weighted by molar-refractivity contribution is -0.145. The highest BCUT2D eigenvalue weighted by Crippen LogP contribution is 2.13. The first-order valence-corrected chi connectivity index (χ1v) is 5.61. The van der Waals surface area contributed by atoms with Gasteiger partial charge in [0.15, 0.2) is 0 Å². The molecule has 0 aromatic rings. The highest BCUT2D eigenvalue weighted by Gasteiger charge is 2.29. The van der Waals surface area contributed by atoms with E-state index in [1.54, 1.807) is 0 Å². The Balaban J connectivity index is 0.00000225. The highest BCUT2D eigenvalue weighted by molar-refractivity contribution is 5.85. The van der Waals surface area contributed by atoms with Crippen LogP contribution in [0.3, 0.4) is 0 Å². The van der Waals surface area contributed by atoms with Gasteiger partial charge in [-0.25, -0.2) is 0 Å². The summed E-state index contributed by atoms with van der Waals surface area (Å²) in [7, 11) is 0. The minimum Gasteiger partial charge on any atom is -0.372 e. The highest BCUT2D eigenvalue weighted by atomic mass is 35.5. The van der Waals surface area contributed by atoms with Gasteiger partial charge in [-0.1, -0.05) is 13.8 Å². The molecule has 0 saturated carbocycles. The topological polar surface area (TPSA) is 55.6 Å². The fourth-order valence-electron chi connectivity index (χ4n) is 1.85. The fourth-order valence-corrected chi connectivity index (χ4v) is 1.85. The lowest BCUT2D eigenvalue weighted by Gasteiger charge is -2.37. The Morgan fingerprint density at radius 2 is 1.75 bits per heavy atom. The average Bonchev–Trinajstić information content (AvgIpc) is 2.13. The Morgan fingerprint density at radius 3 is 2.12 bits per heavy atom. The van der Waals surface area contributed by atoms with Crippen LogP contribution in [0.1, 0.15) is 27.7 Å². The summed E-state index contributed by atoms with van der Waals surface area (Å²) in [5.41, 5.74) is 5.85. The molecule has 1 aliphatic heterocycles. The molecule has 16 heavy (non-hydrogen) atoms. The molecule has 0 aliphatic carbocycles. The summed E-state index contributed by atoms with van der Waals surface area (Å²) in [6.45, 7) is 9.21. The minimum absolute atomic E-state index is 0. The zero-order chi connectivity index (χ0) is 11.6. The smallest absolute Gasteiger partial charge is 0.239 e. The maximum atomic E-state index is 12.0. The number of rotatable bonds is 2. The molecule has 1 fully saturated rings. The number of hydrogen-bond donors (Lipinski definition) is 1. The van der Waals surface area contributed by atoms with Crippen LogP contribution in [-0.2, 0) is 9.53 Å². The van der Waals surface area contributed by atoms with Crippen LogP contribution in [0, 0.1) is 5.92 Å². The summed E-state index contributed by atoms with van der Waals surface area (Å²) in [5, 5.41) is 0. The van der Waals surface area contributed by atoms with Crippen molar-refractivity contribution in [1.29, 1.82) is 0 Å². The van der Waals surface area contributed by atoms with Crippen molar-refractivity contribution < 1.29 is 9.53 Å². The molecular formula is C11H23ClN2O2. The Hall–Kier alpha value is -0.320. The zero-order valence-corrected chi connectivity index (χ0v) is 11.3. The summed E-state index contributed by atoms with van der Waals surface area (Å²) in [6, 6.07) is -0.387. The van der Waals surface area contributed by atoms with Crippen molar-refractivity contribution in [2.45, 2.75) is 45.9 Å². The summed E-state index contributed by atoms with van der Waals surface area (Å²) < 4.78 is 5.57. The second kappa shape index (κ2) is 6.42. The molecule has 5 heteroatoms. The van der Waals surface area contributed by atoms with Gasteiger partial charge in [-0.15, -0.1) is 12.4 Å². The molecular weight excluding hydrogens is 228 g/mol. The number of carbonyl (C=O) groups excluding carboxylic acids is 1. The van der Waals surface area contributed by atoms with Crippen LogP contribution in [0.2, 0.25) is 0 Å². The predicted octanol–water partition coefficient (Wildman–Crippen LogP) is 1.03. The van der Waals surface area contributed by atoms with Crippen LogP contribution in [0.5, 0.6) is 0 Å². The molecule has 0 aromatic carbocycles. The van der Waals surface area contributed by atoms with Gasteiger partial charge in [-0.05, 0) is 19.8 Å². The summed E-state index contributed by atoms with van der Waals surface area (Å²) in [5.74, 6) is 0.234. The molecule has 1 saturated heterocycles. The van der Waals surface area contributed by atoms with E-state index in [4.69, 9.17) is 10.5 Å². The van der Waals surface area contributed by atoms with Gasteiger partial charge < -0.3 is 15.4 Å². The minimum atomic E-state index is -0.387. The number of nitrogens with two attached hydrogens (primary N) is 1. The van der Waals surface area contributed by atoms with E-state index in [9.17, 15) is 4.79 Å². The van der Waals surface area contributed by atoms with Crippen molar-refractivity contribution in [2.75, 3.05) is 13.1 Å². The van der Waals surface area contributed by atoms with E-state index in [-0.39, 0.29) is 42.5 Å². The van der Waals surface area contributed by atoms with E-state index in [1.807, 2.05) is 32.6 Å². The van der Waals surface area contributed by atoms with E-state index in [0.717, 1.165) is 0 Å². The molecule has 4 nitrogen and oxygen atoms in total. The van der Waals surface area contributed by atoms with Gasteiger partial charge in [0.05, 0.1) is 18.2 Å². The Bertz CT molecular complexity index is 226. The second-order valence-corrected chi connectivity index (χ2v) is 4.77. The summed E-state index contributed by atoms with van der Waals surface area (Å²) in [6.07, 6.45) is 0.217. The molecule has 1 amide bonds. The molecule has 3 atom stereocenters. The second-order valence-electron chi connectivity index (χ2n) is 4.77. The summed E-state index contributed by atoms with van der Waals surface area (Å²) >= 11 is 0. The molecule has 2 N–H and O–H groups in total. The van der Waals surface area contributed by atoms with Crippen LogP contribution in [0.25, 0.3) is 0 Å². The van der Waals surface area contributed by atoms with Crippen LogP contribution >= 0.6 is 12.4 Å². The Kier molecular flexibility index (Phi) is 6.30. The van der Waals surface area contributed by atoms with E-state index in [1.165, 1.54) is 0 Å². The van der Waals surface area contributed by atoms with Crippen molar-refractivity contribution >= 4 is 18.3 Å². The first-order chi connectivity index (χ1) is 6.91. The van der Waals surface area contributed by atoms with Crippen LogP contribution in [0.4, 0.5) is 0 Å². The van der Waals surface area contributed by atoms with Gasteiger partial charge in [0.25, 0.3) is 0 Å². The van der Waals surface area contributed by atoms with Crippen molar-refractivity contribution in [1.82, 2.24) is 4.90 Å². The third-order valence-electron chi connectivity index (χ3n) is 2.73. The summed E-state index contributed by atoms with van der Waals surface area (Å²) in [4.78, 5) is 13.8. The van der Waals surface area contributed by atoms with E-state index in [2.05, 4.69) is 0 Å². The third-order valence-corrected chi connectivity index (χ3v) is 2.73. The zero-order valence-electron chi connectivity index (χ0n) is 10.5. The Morgan fingerprint density at radius 1 is 1.31 bits per heavy atom. The van der Waals surface area contributed by atoms with E-state index >= 15 is 0 Å². The predicted molar refractivity (Wildman–Crippen MR) is 66.7 cm³/mol. The largest absolute Gasteiger partial charge is 0.372 e. The van der Waals surface area contributed by atoms with Crippen LogP contribution in [0.15, 0.2) is 0 Å². The molecule has 0 radical (unpaired) electrons. The average molecular weight is 251 g/mol. The van der Waals surface area contributed by atoms with Crippen LogP contribution in [-0.4, -0.2) is 42.1 Å². The first-order valence-electron chi connectivity index (χ1n) is 5.61. The van der Waals surface area contributed by atoms with Gasteiger partial charge in [-0.2, -0.15) is 0 Å². The monoisotopic (exact) mass is 250 g/mol. The fraction of sp³-hybridized carbons (Fsp3) is 0.909. The molecule has 0 aromatic heterocycles. The number of ether oxygens (including phenoxy) is 1. The maximum absolute atomic E-state index is 12.0.